The van der Waals surface area contributed by atoms with Gasteiger partial charge in [0, 0.05) is 30.8 Å². The van der Waals surface area contributed by atoms with Crippen molar-refractivity contribution in [1.29, 1.82) is 0 Å². The summed E-state index contributed by atoms with van der Waals surface area (Å²) in [5.74, 6) is 0.743. The van der Waals surface area contributed by atoms with Gasteiger partial charge in [0.2, 0.25) is 0 Å². The van der Waals surface area contributed by atoms with E-state index in [1.807, 2.05) is 6.26 Å². The van der Waals surface area contributed by atoms with Crippen LogP contribution in [-0.4, -0.2) is 56.4 Å². The second-order valence-corrected chi connectivity index (χ2v) is 5.78. The van der Waals surface area contributed by atoms with E-state index in [0.717, 1.165) is 11.3 Å². The standard InChI is InChI=1S/C13H20N4O3S/c1-21-6-9(10(19)5-18)3-14-2-8-4-15-12-11(8)16-7-17-13(12)20/h4,7,9-10,14-15,18-19H,2-3,5-6H2,1H3,(H,16,17,20)/t9?,10-/m0/s1. The SMILES string of the molecule is CSCC(CNCc1c[nH]c2c(=O)[nH]cnc12)[C@@H](O)CO. The highest BCUT2D eigenvalue weighted by atomic mass is 32.2. The number of fused-ring (bicyclic) bond motifs is 1. The van der Waals surface area contributed by atoms with E-state index < -0.39 is 6.10 Å². The average molecular weight is 312 g/mol. The Morgan fingerprint density at radius 1 is 1.48 bits per heavy atom. The van der Waals surface area contributed by atoms with Crippen LogP contribution in [0.1, 0.15) is 5.56 Å². The average Bonchev–Trinajstić information content (AvgIpc) is 2.90. The number of aromatic amines is 2. The van der Waals surface area contributed by atoms with Crippen LogP contribution in [0.4, 0.5) is 0 Å². The summed E-state index contributed by atoms with van der Waals surface area (Å²) < 4.78 is 0. The van der Waals surface area contributed by atoms with Crippen LogP contribution >= 0.6 is 11.8 Å². The Hall–Kier alpha value is -1.35. The number of aliphatic hydroxyl groups excluding tert-OH is 2. The maximum absolute atomic E-state index is 11.6. The predicted molar refractivity (Wildman–Crippen MR) is 83.4 cm³/mol. The fourth-order valence-corrected chi connectivity index (χ4v) is 2.97. The molecule has 7 nitrogen and oxygen atoms in total. The van der Waals surface area contributed by atoms with E-state index in [-0.39, 0.29) is 18.1 Å². The molecule has 1 unspecified atom stereocenters. The molecule has 0 radical (unpaired) electrons. The smallest absolute Gasteiger partial charge is 0.275 e. The Morgan fingerprint density at radius 3 is 3.00 bits per heavy atom. The predicted octanol–water partition coefficient (Wildman–Crippen LogP) is -0.327. The highest BCUT2D eigenvalue weighted by molar-refractivity contribution is 7.98. The van der Waals surface area contributed by atoms with E-state index in [4.69, 9.17) is 5.11 Å². The first-order chi connectivity index (χ1) is 10.2. The van der Waals surface area contributed by atoms with Crippen molar-refractivity contribution in [3.05, 3.63) is 28.4 Å². The zero-order valence-electron chi connectivity index (χ0n) is 11.8. The van der Waals surface area contributed by atoms with E-state index in [1.165, 1.54) is 6.33 Å². The molecule has 0 saturated carbocycles. The largest absolute Gasteiger partial charge is 0.394 e. The molecular weight excluding hydrogens is 292 g/mol. The number of nitrogens with one attached hydrogen (secondary N) is 3. The van der Waals surface area contributed by atoms with Gasteiger partial charge >= 0.3 is 0 Å². The summed E-state index contributed by atoms with van der Waals surface area (Å²) in [6.45, 7) is 0.884. The molecule has 0 fully saturated rings. The van der Waals surface area contributed by atoms with Crippen molar-refractivity contribution in [1.82, 2.24) is 20.3 Å². The van der Waals surface area contributed by atoms with Gasteiger partial charge in [0.15, 0.2) is 0 Å². The fourth-order valence-electron chi connectivity index (χ4n) is 2.20. The Labute approximate surface area is 126 Å². The summed E-state index contributed by atoms with van der Waals surface area (Å²) >= 11 is 1.63. The van der Waals surface area contributed by atoms with E-state index in [2.05, 4.69) is 20.3 Å². The fraction of sp³-hybridized carbons (Fsp3) is 0.538. The van der Waals surface area contributed by atoms with E-state index in [9.17, 15) is 9.90 Å². The lowest BCUT2D eigenvalue weighted by Gasteiger charge is -2.20. The molecule has 0 aliphatic carbocycles. The maximum atomic E-state index is 11.6. The molecule has 0 spiro atoms. The number of hydrogen-bond donors (Lipinski definition) is 5. The van der Waals surface area contributed by atoms with Gasteiger partial charge in [-0.1, -0.05) is 0 Å². The number of thioether (sulfide) groups is 1. The molecule has 2 aromatic rings. The molecule has 0 aromatic carbocycles. The summed E-state index contributed by atoms with van der Waals surface area (Å²) in [5.41, 5.74) is 1.82. The van der Waals surface area contributed by atoms with Crippen molar-refractivity contribution in [2.45, 2.75) is 12.6 Å². The molecule has 8 heteroatoms. The summed E-state index contributed by atoms with van der Waals surface area (Å²) in [6.07, 6.45) is 4.38. The normalized spacial score (nSPS) is 14.4. The summed E-state index contributed by atoms with van der Waals surface area (Å²) in [5, 5.41) is 22.0. The monoisotopic (exact) mass is 312 g/mol. The van der Waals surface area contributed by atoms with Crippen molar-refractivity contribution in [2.24, 2.45) is 5.92 Å². The molecular formula is C13H20N4O3S. The quantitative estimate of drug-likeness (QED) is 0.456. The molecule has 2 heterocycles. The summed E-state index contributed by atoms with van der Waals surface area (Å²) in [4.78, 5) is 21.2. The third-order valence-electron chi connectivity index (χ3n) is 3.38. The number of hydrogen-bond acceptors (Lipinski definition) is 6. The number of H-pyrrole nitrogens is 2. The number of nitrogens with zero attached hydrogens (tertiary/aromatic N) is 1. The molecule has 0 amide bonds. The van der Waals surface area contributed by atoms with Crippen LogP contribution in [0.25, 0.3) is 11.0 Å². The van der Waals surface area contributed by atoms with Crippen LogP contribution in [-0.2, 0) is 6.54 Å². The highest BCUT2D eigenvalue weighted by Gasteiger charge is 2.17. The zero-order chi connectivity index (χ0) is 15.2. The Morgan fingerprint density at radius 2 is 2.29 bits per heavy atom. The van der Waals surface area contributed by atoms with Gasteiger partial charge in [-0.15, -0.1) is 0 Å². The van der Waals surface area contributed by atoms with E-state index >= 15 is 0 Å². The lowest BCUT2D eigenvalue weighted by molar-refractivity contribution is 0.0549. The van der Waals surface area contributed by atoms with E-state index in [1.54, 1.807) is 18.0 Å². The van der Waals surface area contributed by atoms with Crippen molar-refractivity contribution in [3.8, 4) is 0 Å². The van der Waals surface area contributed by atoms with Gasteiger partial charge in [-0.3, -0.25) is 4.79 Å². The minimum atomic E-state index is -0.728. The van der Waals surface area contributed by atoms with Gasteiger partial charge in [0.05, 0.1) is 24.6 Å². The van der Waals surface area contributed by atoms with Gasteiger partial charge in [-0.05, 0) is 12.0 Å². The van der Waals surface area contributed by atoms with Gasteiger partial charge in [0.25, 0.3) is 5.56 Å². The van der Waals surface area contributed by atoms with Gasteiger partial charge < -0.3 is 25.5 Å². The molecule has 2 rings (SSSR count). The number of aromatic nitrogens is 3. The zero-order valence-corrected chi connectivity index (χ0v) is 12.6. The summed E-state index contributed by atoms with van der Waals surface area (Å²) in [7, 11) is 0. The Bertz CT molecular complexity index is 627. The van der Waals surface area contributed by atoms with Crippen LogP contribution in [0.3, 0.4) is 0 Å². The second kappa shape index (κ2) is 7.60. The first-order valence-corrected chi connectivity index (χ1v) is 8.09. The molecule has 21 heavy (non-hydrogen) atoms. The number of aliphatic hydroxyl groups is 2. The van der Waals surface area contributed by atoms with E-state index in [0.29, 0.717) is 24.1 Å². The lowest BCUT2D eigenvalue weighted by Crippen LogP contribution is -2.35. The first kappa shape index (κ1) is 16.0. The minimum absolute atomic E-state index is 0.0217. The van der Waals surface area contributed by atoms with Crippen LogP contribution in [0.15, 0.2) is 17.3 Å². The second-order valence-electron chi connectivity index (χ2n) is 4.87. The molecule has 5 N–H and O–H groups in total. The number of rotatable bonds is 8. The Balaban J connectivity index is 1.98. The van der Waals surface area contributed by atoms with Gasteiger partial charge in [-0.25, -0.2) is 4.98 Å². The maximum Gasteiger partial charge on any atom is 0.275 e. The van der Waals surface area contributed by atoms with Crippen molar-refractivity contribution in [3.63, 3.8) is 0 Å². The molecule has 116 valence electrons. The Kier molecular flexibility index (Phi) is 5.80. The van der Waals surface area contributed by atoms with Crippen LogP contribution in [0.5, 0.6) is 0 Å². The molecule has 0 aliphatic heterocycles. The van der Waals surface area contributed by atoms with Crippen molar-refractivity contribution < 1.29 is 10.2 Å². The molecule has 2 aromatic heterocycles. The molecule has 0 aliphatic rings. The topological polar surface area (TPSA) is 114 Å². The first-order valence-electron chi connectivity index (χ1n) is 6.69. The summed E-state index contributed by atoms with van der Waals surface area (Å²) in [6, 6.07) is 0. The van der Waals surface area contributed by atoms with Crippen LogP contribution in [0, 0.1) is 5.92 Å². The van der Waals surface area contributed by atoms with Crippen LogP contribution in [0.2, 0.25) is 0 Å². The highest BCUT2D eigenvalue weighted by Crippen LogP contribution is 2.13. The third kappa shape index (κ3) is 3.85. The molecule has 2 atom stereocenters. The third-order valence-corrected chi connectivity index (χ3v) is 4.14. The van der Waals surface area contributed by atoms with Gasteiger partial charge in [-0.2, -0.15) is 11.8 Å². The minimum Gasteiger partial charge on any atom is -0.394 e. The van der Waals surface area contributed by atoms with Gasteiger partial charge in [0.1, 0.15) is 5.52 Å². The molecule has 0 saturated heterocycles. The van der Waals surface area contributed by atoms with Crippen LogP contribution < -0.4 is 10.9 Å². The van der Waals surface area contributed by atoms with Crippen molar-refractivity contribution >= 4 is 22.8 Å². The lowest BCUT2D eigenvalue weighted by atomic mass is 10.1. The molecule has 0 bridgehead atoms. The van der Waals surface area contributed by atoms with Crippen molar-refractivity contribution in [2.75, 3.05) is 25.2 Å².